The molecule has 2 saturated heterocycles. The summed E-state index contributed by atoms with van der Waals surface area (Å²) in [7, 11) is 0. The van der Waals surface area contributed by atoms with Crippen molar-refractivity contribution in [3.8, 4) is 0 Å². The Morgan fingerprint density at radius 3 is 2.56 bits per heavy atom. The molecule has 106 valence electrons. The van der Waals surface area contributed by atoms with Gasteiger partial charge in [0.05, 0.1) is 0 Å². The fourth-order valence-corrected chi connectivity index (χ4v) is 4.36. The van der Waals surface area contributed by atoms with Crippen molar-refractivity contribution in [1.29, 1.82) is 0 Å². The molecule has 0 saturated carbocycles. The minimum Gasteiger partial charge on any atom is -0.329 e. The molecule has 1 atom stereocenters. The first-order valence-electron chi connectivity index (χ1n) is 7.56. The van der Waals surface area contributed by atoms with Crippen molar-refractivity contribution in [2.75, 3.05) is 50.8 Å². The number of nitrogens with zero attached hydrogens (tertiary/aromatic N) is 2. The van der Waals surface area contributed by atoms with Crippen LogP contribution in [0.4, 0.5) is 0 Å². The van der Waals surface area contributed by atoms with Crippen LogP contribution in [0.15, 0.2) is 0 Å². The van der Waals surface area contributed by atoms with Gasteiger partial charge in [-0.1, -0.05) is 6.92 Å². The number of thioether (sulfide) groups is 1. The number of nitrogens with two attached hydrogens (primary N) is 1. The fraction of sp³-hybridized carbons (Fsp3) is 1.00. The van der Waals surface area contributed by atoms with Crippen molar-refractivity contribution < 1.29 is 0 Å². The minimum absolute atomic E-state index is 0.309. The second-order valence-electron chi connectivity index (χ2n) is 5.72. The Balaban J connectivity index is 1.98. The topological polar surface area (TPSA) is 32.5 Å². The molecule has 2 aliphatic heterocycles. The van der Waals surface area contributed by atoms with E-state index in [1.54, 1.807) is 0 Å². The molecule has 2 N–H and O–H groups in total. The van der Waals surface area contributed by atoms with Gasteiger partial charge in [0.2, 0.25) is 0 Å². The van der Waals surface area contributed by atoms with Crippen LogP contribution in [0.1, 0.15) is 32.6 Å². The van der Waals surface area contributed by atoms with Crippen LogP contribution in [-0.2, 0) is 0 Å². The molecule has 0 radical (unpaired) electrons. The third-order valence-corrected chi connectivity index (χ3v) is 5.55. The largest absolute Gasteiger partial charge is 0.329 e. The first-order chi connectivity index (χ1) is 8.80. The van der Waals surface area contributed by atoms with Crippen molar-refractivity contribution >= 4 is 11.8 Å². The summed E-state index contributed by atoms with van der Waals surface area (Å²) in [5.41, 5.74) is 6.50. The highest BCUT2D eigenvalue weighted by molar-refractivity contribution is 7.99. The number of hydrogen-bond donors (Lipinski definition) is 1. The monoisotopic (exact) mass is 271 g/mol. The van der Waals surface area contributed by atoms with E-state index in [0.29, 0.717) is 5.54 Å². The summed E-state index contributed by atoms with van der Waals surface area (Å²) in [6.45, 7) is 9.40. The molecule has 0 spiro atoms. The molecular formula is C14H29N3S. The second kappa shape index (κ2) is 7.13. The predicted molar refractivity (Wildman–Crippen MR) is 81.3 cm³/mol. The van der Waals surface area contributed by atoms with Crippen molar-refractivity contribution in [3.05, 3.63) is 0 Å². The standard InChI is InChI=1S/C14H29N3S/c1-2-6-16-7-3-4-14(13-15,5-8-16)17-9-11-18-12-10-17/h2-13,15H2,1H3. The van der Waals surface area contributed by atoms with Crippen LogP contribution in [0.5, 0.6) is 0 Å². The number of hydrogen-bond acceptors (Lipinski definition) is 4. The van der Waals surface area contributed by atoms with Crippen LogP contribution >= 0.6 is 11.8 Å². The molecule has 0 aromatic rings. The van der Waals surface area contributed by atoms with Gasteiger partial charge in [0, 0.05) is 36.7 Å². The van der Waals surface area contributed by atoms with Gasteiger partial charge in [0.25, 0.3) is 0 Å². The lowest BCUT2D eigenvalue weighted by Gasteiger charge is -2.45. The van der Waals surface area contributed by atoms with E-state index in [1.807, 2.05) is 0 Å². The highest BCUT2D eigenvalue weighted by atomic mass is 32.2. The summed E-state index contributed by atoms with van der Waals surface area (Å²) in [6, 6.07) is 0. The van der Waals surface area contributed by atoms with E-state index in [-0.39, 0.29) is 0 Å². The average Bonchev–Trinajstić information content (AvgIpc) is 2.64. The van der Waals surface area contributed by atoms with Gasteiger partial charge in [-0.25, -0.2) is 0 Å². The molecule has 0 aromatic carbocycles. The molecule has 2 heterocycles. The normalized spacial score (nSPS) is 32.3. The Bertz CT molecular complexity index is 243. The Kier molecular flexibility index (Phi) is 5.80. The zero-order valence-corrected chi connectivity index (χ0v) is 12.7. The molecule has 3 nitrogen and oxygen atoms in total. The average molecular weight is 271 g/mol. The summed E-state index contributed by atoms with van der Waals surface area (Å²) < 4.78 is 0. The molecule has 1 unspecified atom stereocenters. The maximum Gasteiger partial charge on any atom is 0.0345 e. The Labute approximate surface area is 116 Å². The van der Waals surface area contributed by atoms with Gasteiger partial charge in [-0.05, 0) is 45.3 Å². The summed E-state index contributed by atoms with van der Waals surface area (Å²) >= 11 is 2.09. The van der Waals surface area contributed by atoms with Gasteiger partial charge in [-0.3, -0.25) is 4.90 Å². The molecule has 2 rings (SSSR count). The van der Waals surface area contributed by atoms with Crippen molar-refractivity contribution in [1.82, 2.24) is 9.80 Å². The van der Waals surface area contributed by atoms with Crippen molar-refractivity contribution in [3.63, 3.8) is 0 Å². The lowest BCUT2D eigenvalue weighted by Crippen LogP contribution is -2.56. The van der Waals surface area contributed by atoms with Gasteiger partial charge >= 0.3 is 0 Å². The van der Waals surface area contributed by atoms with Gasteiger partial charge in [0.15, 0.2) is 0 Å². The van der Waals surface area contributed by atoms with Gasteiger partial charge in [-0.15, -0.1) is 0 Å². The minimum atomic E-state index is 0.309. The molecule has 2 fully saturated rings. The highest BCUT2D eigenvalue weighted by Crippen LogP contribution is 2.30. The van der Waals surface area contributed by atoms with Gasteiger partial charge in [-0.2, -0.15) is 11.8 Å². The fourth-order valence-electron chi connectivity index (χ4n) is 3.46. The van der Waals surface area contributed by atoms with Crippen LogP contribution in [0.3, 0.4) is 0 Å². The highest BCUT2D eigenvalue weighted by Gasteiger charge is 2.37. The van der Waals surface area contributed by atoms with Crippen LogP contribution < -0.4 is 5.73 Å². The van der Waals surface area contributed by atoms with Gasteiger partial charge in [0.1, 0.15) is 0 Å². The zero-order valence-electron chi connectivity index (χ0n) is 11.9. The van der Waals surface area contributed by atoms with Crippen molar-refractivity contribution in [2.45, 2.75) is 38.1 Å². The Hall–Kier alpha value is 0.230. The van der Waals surface area contributed by atoms with E-state index in [4.69, 9.17) is 5.73 Å². The summed E-state index contributed by atoms with van der Waals surface area (Å²) in [4.78, 5) is 5.34. The van der Waals surface area contributed by atoms with E-state index < -0.39 is 0 Å². The lowest BCUT2D eigenvalue weighted by molar-refractivity contribution is 0.0889. The Morgan fingerprint density at radius 2 is 1.89 bits per heavy atom. The quantitative estimate of drug-likeness (QED) is 0.842. The lowest BCUT2D eigenvalue weighted by atomic mass is 9.88. The third-order valence-electron chi connectivity index (χ3n) is 4.61. The molecular weight excluding hydrogens is 242 g/mol. The molecule has 2 aliphatic rings. The summed E-state index contributed by atoms with van der Waals surface area (Å²) in [5, 5.41) is 0. The maximum absolute atomic E-state index is 6.19. The third kappa shape index (κ3) is 3.41. The second-order valence-corrected chi connectivity index (χ2v) is 6.95. The van der Waals surface area contributed by atoms with E-state index in [1.165, 1.54) is 69.9 Å². The summed E-state index contributed by atoms with van der Waals surface area (Å²) in [5.74, 6) is 2.58. The van der Waals surface area contributed by atoms with Crippen molar-refractivity contribution in [2.24, 2.45) is 5.73 Å². The molecule has 4 heteroatoms. The predicted octanol–water partition coefficient (Wildman–Crippen LogP) is 1.63. The maximum atomic E-state index is 6.19. The number of likely N-dealkylation sites (tertiary alicyclic amines) is 1. The molecule has 0 aliphatic carbocycles. The van der Waals surface area contributed by atoms with E-state index in [0.717, 1.165) is 6.54 Å². The van der Waals surface area contributed by atoms with E-state index in [2.05, 4.69) is 28.5 Å². The van der Waals surface area contributed by atoms with Crippen LogP contribution in [-0.4, -0.2) is 66.1 Å². The van der Waals surface area contributed by atoms with E-state index >= 15 is 0 Å². The first-order valence-corrected chi connectivity index (χ1v) is 8.71. The van der Waals surface area contributed by atoms with Crippen LogP contribution in [0.2, 0.25) is 0 Å². The van der Waals surface area contributed by atoms with Crippen LogP contribution in [0.25, 0.3) is 0 Å². The molecule has 18 heavy (non-hydrogen) atoms. The smallest absolute Gasteiger partial charge is 0.0345 e. The summed E-state index contributed by atoms with van der Waals surface area (Å²) in [6.07, 6.45) is 5.17. The van der Waals surface area contributed by atoms with Gasteiger partial charge < -0.3 is 10.6 Å². The first kappa shape index (κ1) is 14.6. The molecule has 0 amide bonds. The molecule has 0 aromatic heterocycles. The van der Waals surface area contributed by atoms with Crippen LogP contribution in [0, 0.1) is 0 Å². The number of rotatable bonds is 4. The SMILES string of the molecule is CCCN1CCCC(CN)(N2CCSCC2)CC1. The molecule has 0 bridgehead atoms. The van der Waals surface area contributed by atoms with E-state index in [9.17, 15) is 0 Å². The zero-order chi connectivity index (χ0) is 12.8. The Morgan fingerprint density at radius 1 is 1.11 bits per heavy atom.